The molecule has 0 amide bonds. The van der Waals surface area contributed by atoms with Gasteiger partial charge in [-0.1, -0.05) is 26.0 Å². The van der Waals surface area contributed by atoms with Crippen LogP contribution in [0.25, 0.3) is 0 Å². The minimum absolute atomic E-state index is 0.167. The number of benzene rings is 1. The van der Waals surface area contributed by atoms with Gasteiger partial charge in [-0.2, -0.15) is 0 Å². The van der Waals surface area contributed by atoms with Crippen LogP contribution in [0.15, 0.2) is 18.2 Å². The van der Waals surface area contributed by atoms with Gasteiger partial charge in [-0.3, -0.25) is 0 Å². The van der Waals surface area contributed by atoms with Gasteiger partial charge < -0.3 is 20.7 Å². The molecule has 2 aliphatic rings. The third kappa shape index (κ3) is 4.20. The van der Waals surface area contributed by atoms with Crippen molar-refractivity contribution in [3.8, 4) is 5.75 Å². The van der Waals surface area contributed by atoms with Gasteiger partial charge in [-0.05, 0) is 65.8 Å². The highest BCUT2D eigenvalue weighted by Gasteiger charge is 2.63. The van der Waals surface area contributed by atoms with Gasteiger partial charge >= 0.3 is 5.97 Å². The Balaban J connectivity index is 0.000000166. The molecule has 0 aliphatic heterocycles. The molecule has 2 atom stereocenters. The minimum Gasteiger partial charge on any atom is -0.493 e. The first kappa shape index (κ1) is 21.8. The van der Waals surface area contributed by atoms with Gasteiger partial charge in [-0.25, -0.2) is 4.79 Å². The Morgan fingerprint density at radius 2 is 2.07 bits per heavy atom. The molecule has 158 valence electrons. The van der Waals surface area contributed by atoms with Gasteiger partial charge in [0.05, 0.1) is 6.61 Å². The summed E-state index contributed by atoms with van der Waals surface area (Å²) in [6.45, 7) is 9.92. The van der Waals surface area contributed by atoms with Crippen molar-refractivity contribution in [2.45, 2.75) is 53.0 Å². The monoisotopic (exact) mass is 417 g/mol. The maximum Gasteiger partial charge on any atom is 0.346 e. The summed E-state index contributed by atoms with van der Waals surface area (Å²) < 4.78 is 5.48. The zero-order valence-electron chi connectivity index (χ0n) is 17.6. The van der Waals surface area contributed by atoms with Gasteiger partial charge in [0, 0.05) is 24.4 Å². The molecule has 2 aliphatic carbocycles. The summed E-state index contributed by atoms with van der Waals surface area (Å²) >= 11 is 1.46. The largest absolute Gasteiger partial charge is 0.493 e. The number of thiophene rings is 1. The fourth-order valence-corrected chi connectivity index (χ4v) is 5.62. The Morgan fingerprint density at radius 3 is 2.66 bits per heavy atom. The van der Waals surface area contributed by atoms with Crippen molar-refractivity contribution in [3.63, 3.8) is 0 Å². The van der Waals surface area contributed by atoms with Crippen molar-refractivity contribution >= 4 is 17.3 Å². The van der Waals surface area contributed by atoms with Gasteiger partial charge in [-0.15, -0.1) is 11.3 Å². The molecule has 1 aromatic heterocycles. The molecule has 1 fully saturated rings. The molecule has 0 bridgehead atoms. The minimum atomic E-state index is -0.747. The Hall–Kier alpha value is -1.89. The van der Waals surface area contributed by atoms with Crippen molar-refractivity contribution in [1.82, 2.24) is 0 Å². The Morgan fingerprint density at radius 1 is 1.34 bits per heavy atom. The number of carboxylic acids is 1. The molecular weight excluding hydrogens is 386 g/mol. The summed E-state index contributed by atoms with van der Waals surface area (Å²) in [6.07, 6.45) is 1.65. The number of aromatic carboxylic acids is 1. The molecular formula is C23H31NO4S. The number of aliphatic hydroxyl groups excluding tert-OH is 1. The van der Waals surface area contributed by atoms with Crippen LogP contribution in [0.3, 0.4) is 0 Å². The lowest BCUT2D eigenvalue weighted by Crippen LogP contribution is -2.03. The number of aryl methyl sites for hydroxylation is 2. The molecule has 6 heteroatoms. The number of hydrogen-bond donors (Lipinski definition) is 3. The highest BCUT2D eigenvalue weighted by molar-refractivity contribution is 7.14. The molecule has 2 aromatic rings. The lowest BCUT2D eigenvalue weighted by atomic mass is 9.95. The molecule has 1 aromatic carbocycles. The fraction of sp³-hybridized carbons (Fsp3) is 0.522. The van der Waals surface area contributed by atoms with Crippen molar-refractivity contribution in [2.24, 2.45) is 17.1 Å². The topological polar surface area (TPSA) is 92.8 Å². The molecule has 0 saturated heterocycles. The van der Waals surface area contributed by atoms with Gasteiger partial charge in [0.15, 0.2) is 0 Å². The number of carbonyl (C=O) groups is 1. The maximum atomic E-state index is 11.1. The summed E-state index contributed by atoms with van der Waals surface area (Å²) in [7, 11) is 0. The first-order valence-corrected chi connectivity index (χ1v) is 10.9. The average Bonchev–Trinajstić information content (AvgIpc) is 3.01. The molecule has 4 rings (SSSR count). The van der Waals surface area contributed by atoms with Crippen molar-refractivity contribution in [2.75, 3.05) is 13.2 Å². The number of aliphatic hydroxyl groups is 1. The smallest absolute Gasteiger partial charge is 0.346 e. The molecule has 1 saturated carbocycles. The van der Waals surface area contributed by atoms with Crippen molar-refractivity contribution < 1.29 is 19.7 Å². The SMILES string of the molecule is Cc1cc(CN)ccc1OCCCO.Cc1sc(C(=O)O)c2c1[C@H]1[C@@H](C2)C1(C)C. The standard InChI is InChI=1S/C12H14O2S.C11H17NO2/c1-5-8-6(10(15-5)11(13)14)4-7-9(8)12(7,2)3;1-9-7-10(8-12)3-4-11(9)14-6-2-5-13/h7,9H,4H2,1-3H3,(H,13,14);3-4,7,13H,2,5-6,8,12H2,1H3/t7-,9-;/m1./s1. The van der Waals surface area contributed by atoms with Crippen LogP contribution in [0.4, 0.5) is 0 Å². The molecule has 0 radical (unpaired) electrons. The second kappa shape index (κ2) is 8.46. The van der Waals surface area contributed by atoms with E-state index in [0.29, 0.717) is 41.7 Å². The van der Waals surface area contributed by atoms with E-state index in [4.69, 9.17) is 20.7 Å². The van der Waals surface area contributed by atoms with Crippen LogP contribution in [-0.4, -0.2) is 29.4 Å². The quantitative estimate of drug-likeness (QED) is 0.611. The number of hydrogen-bond acceptors (Lipinski definition) is 5. The maximum absolute atomic E-state index is 11.1. The summed E-state index contributed by atoms with van der Waals surface area (Å²) in [4.78, 5) is 12.9. The van der Waals surface area contributed by atoms with E-state index in [1.807, 2.05) is 25.1 Å². The van der Waals surface area contributed by atoms with E-state index in [-0.39, 0.29) is 6.61 Å². The van der Waals surface area contributed by atoms with E-state index in [0.717, 1.165) is 28.9 Å². The van der Waals surface area contributed by atoms with Crippen molar-refractivity contribution in [3.05, 3.63) is 50.2 Å². The number of nitrogens with two attached hydrogens (primary N) is 1. The van der Waals surface area contributed by atoms with Crippen LogP contribution < -0.4 is 10.5 Å². The summed E-state index contributed by atoms with van der Waals surface area (Å²) in [5.41, 5.74) is 10.6. The molecule has 1 heterocycles. The van der Waals surface area contributed by atoms with Crippen LogP contribution in [0.5, 0.6) is 5.75 Å². The number of carboxylic acid groups (broad SMARTS) is 1. The van der Waals surface area contributed by atoms with E-state index < -0.39 is 5.97 Å². The highest BCUT2D eigenvalue weighted by Crippen LogP contribution is 2.71. The Labute approximate surface area is 176 Å². The summed E-state index contributed by atoms with van der Waals surface area (Å²) in [6, 6.07) is 5.91. The fourth-order valence-electron chi connectivity index (χ4n) is 4.55. The zero-order chi connectivity index (χ0) is 21.3. The van der Waals surface area contributed by atoms with Crippen LogP contribution >= 0.6 is 11.3 Å². The lowest BCUT2D eigenvalue weighted by Gasteiger charge is -2.09. The molecule has 5 nitrogen and oxygen atoms in total. The number of fused-ring (bicyclic) bond motifs is 3. The van der Waals surface area contributed by atoms with E-state index in [1.54, 1.807) is 0 Å². The van der Waals surface area contributed by atoms with Gasteiger partial charge in [0.25, 0.3) is 0 Å². The Bertz CT molecular complexity index is 903. The zero-order valence-corrected chi connectivity index (χ0v) is 18.4. The second-order valence-electron chi connectivity index (χ2n) is 8.52. The predicted octanol–water partition coefficient (Wildman–Crippen LogP) is 4.27. The van der Waals surface area contributed by atoms with E-state index in [2.05, 4.69) is 20.8 Å². The first-order chi connectivity index (χ1) is 13.7. The van der Waals surface area contributed by atoms with Gasteiger partial charge in [0.2, 0.25) is 0 Å². The van der Waals surface area contributed by atoms with Crippen LogP contribution in [-0.2, 0) is 13.0 Å². The van der Waals surface area contributed by atoms with Crippen LogP contribution in [0, 0.1) is 25.2 Å². The summed E-state index contributed by atoms with van der Waals surface area (Å²) in [5, 5.41) is 17.7. The number of ether oxygens (including phenoxy) is 1. The Kier molecular flexibility index (Phi) is 6.36. The average molecular weight is 418 g/mol. The molecule has 0 unspecified atom stereocenters. The van der Waals surface area contributed by atoms with E-state index >= 15 is 0 Å². The summed E-state index contributed by atoms with van der Waals surface area (Å²) in [5.74, 6) is 1.46. The predicted molar refractivity (Wildman–Crippen MR) is 116 cm³/mol. The number of rotatable bonds is 6. The third-order valence-corrected chi connectivity index (χ3v) is 7.40. The van der Waals surface area contributed by atoms with Crippen molar-refractivity contribution in [1.29, 1.82) is 0 Å². The van der Waals surface area contributed by atoms with Crippen LogP contribution in [0.1, 0.15) is 63.0 Å². The van der Waals surface area contributed by atoms with Crippen LogP contribution in [0.2, 0.25) is 0 Å². The lowest BCUT2D eigenvalue weighted by molar-refractivity contribution is 0.0701. The normalized spacial score (nSPS) is 20.3. The van der Waals surface area contributed by atoms with E-state index in [1.165, 1.54) is 21.8 Å². The molecule has 29 heavy (non-hydrogen) atoms. The first-order valence-electron chi connectivity index (χ1n) is 10.1. The second-order valence-corrected chi connectivity index (χ2v) is 9.75. The molecule has 4 N–H and O–H groups in total. The third-order valence-electron chi connectivity index (χ3n) is 6.25. The molecule has 0 spiro atoms. The van der Waals surface area contributed by atoms with E-state index in [9.17, 15) is 4.79 Å². The highest BCUT2D eigenvalue weighted by atomic mass is 32.1. The van der Waals surface area contributed by atoms with Gasteiger partial charge in [0.1, 0.15) is 10.6 Å².